The molecule has 0 aliphatic carbocycles. The standard InChI is InChI=1S/C13H9ClFNO2/c1-8(17)11-6-9(2-3-12(11)15)18-10-4-5-16-13(14)7-10/h2-7H,1H3. The van der Waals surface area contributed by atoms with Crippen LogP contribution in [0.25, 0.3) is 0 Å². The Morgan fingerprint density at radius 1 is 1.28 bits per heavy atom. The summed E-state index contributed by atoms with van der Waals surface area (Å²) in [5.74, 6) is -0.0895. The third kappa shape index (κ3) is 2.84. The van der Waals surface area contributed by atoms with Crippen LogP contribution in [-0.2, 0) is 0 Å². The highest BCUT2D eigenvalue weighted by Gasteiger charge is 2.09. The van der Waals surface area contributed by atoms with Crippen molar-refractivity contribution in [3.63, 3.8) is 0 Å². The summed E-state index contributed by atoms with van der Waals surface area (Å²) in [5, 5.41) is 0.293. The van der Waals surface area contributed by atoms with Crippen LogP contribution in [0.1, 0.15) is 17.3 Å². The van der Waals surface area contributed by atoms with Crippen molar-refractivity contribution in [1.29, 1.82) is 0 Å². The third-order valence-corrected chi connectivity index (χ3v) is 2.46. The van der Waals surface area contributed by atoms with Gasteiger partial charge in [-0.15, -0.1) is 0 Å². The van der Waals surface area contributed by atoms with Crippen LogP contribution < -0.4 is 4.74 Å². The molecular formula is C13H9ClFNO2. The van der Waals surface area contributed by atoms with Gasteiger partial charge in [0, 0.05) is 12.3 Å². The lowest BCUT2D eigenvalue weighted by atomic mass is 10.1. The molecule has 0 saturated heterocycles. The number of benzene rings is 1. The first-order chi connectivity index (χ1) is 8.56. The van der Waals surface area contributed by atoms with Crippen molar-refractivity contribution < 1.29 is 13.9 Å². The van der Waals surface area contributed by atoms with Crippen LogP contribution in [0.2, 0.25) is 5.15 Å². The topological polar surface area (TPSA) is 39.2 Å². The molecule has 92 valence electrons. The predicted octanol–water partition coefficient (Wildman–Crippen LogP) is 3.87. The van der Waals surface area contributed by atoms with Crippen molar-refractivity contribution in [2.24, 2.45) is 0 Å². The first-order valence-corrected chi connectivity index (χ1v) is 5.54. The van der Waals surface area contributed by atoms with Gasteiger partial charge in [-0.05, 0) is 31.2 Å². The number of rotatable bonds is 3. The van der Waals surface area contributed by atoms with Gasteiger partial charge in [0.15, 0.2) is 5.78 Å². The van der Waals surface area contributed by atoms with E-state index in [1.54, 1.807) is 6.07 Å². The molecule has 2 rings (SSSR count). The Kier molecular flexibility index (Phi) is 3.58. The van der Waals surface area contributed by atoms with Gasteiger partial charge in [-0.3, -0.25) is 4.79 Å². The number of pyridine rings is 1. The highest BCUT2D eigenvalue weighted by molar-refractivity contribution is 6.29. The van der Waals surface area contributed by atoms with E-state index >= 15 is 0 Å². The van der Waals surface area contributed by atoms with Crippen molar-refractivity contribution >= 4 is 17.4 Å². The Morgan fingerprint density at radius 2 is 2.00 bits per heavy atom. The molecule has 1 aromatic carbocycles. The Bertz CT molecular complexity index is 601. The molecule has 5 heteroatoms. The predicted molar refractivity (Wildman–Crippen MR) is 65.7 cm³/mol. The SMILES string of the molecule is CC(=O)c1cc(Oc2ccnc(Cl)c2)ccc1F. The molecule has 0 fully saturated rings. The molecule has 0 aliphatic rings. The number of aromatic nitrogens is 1. The van der Waals surface area contributed by atoms with Crippen LogP contribution >= 0.6 is 11.6 Å². The molecule has 0 radical (unpaired) electrons. The summed E-state index contributed by atoms with van der Waals surface area (Å²) in [6.07, 6.45) is 1.49. The Morgan fingerprint density at radius 3 is 2.67 bits per heavy atom. The van der Waals surface area contributed by atoms with Crippen LogP contribution in [0.5, 0.6) is 11.5 Å². The van der Waals surface area contributed by atoms with E-state index in [4.69, 9.17) is 16.3 Å². The van der Waals surface area contributed by atoms with Crippen molar-refractivity contribution in [2.75, 3.05) is 0 Å². The summed E-state index contributed by atoms with van der Waals surface area (Å²) in [6, 6.07) is 7.12. The van der Waals surface area contributed by atoms with E-state index in [1.807, 2.05) is 0 Å². The number of nitrogens with zero attached hydrogens (tertiary/aromatic N) is 1. The average molecular weight is 266 g/mol. The van der Waals surface area contributed by atoms with E-state index in [2.05, 4.69) is 4.98 Å². The normalized spacial score (nSPS) is 10.2. The Balaban J connectivity index is 2.30. The van der Waals surface area contributed by atoms with E-state index < -0.39 is 5.82 Å². The molecule has 0 bridgehead atoms. The highest BCUT2D eigenvalue weighted by Crippen LogP contribution is 2.25. The monoisotopic (exact) mass is 265 g/mol. The van der Waals surface area contributed by atoms with Gasteiger partial charge in [-0.1, -0.05) is 11.6 Å². The summed E-state index contributed by atoms with van der Waals surface area (Å²) in [4.78, 5) is 15.0. The minimum atomic E-state index is -0.567. The quantitative estimate of drug-likeness (QED) is 0.625. The van der Waals surface area contributed by atoms with Crippen molar-refractivity contribution in [3.8, 4) is 11.5 Å². The van der Waals surface area contributed by atoms with Gasteiger partial charge >= 0.3 is 0 Å². The zero-order valence-corrected chi connectivity index (χ0v) is 10.2. The second kappa shape index (κ2) is 5.14. The summed E-state index contributed by atoms with van der Waals surface area (Å²) in [5.41, 5.74) is -0.00680. The second-order valence-corrected chi connectivity index (χ2v) is 4.00. The highest BCUT2D eigenvalue weighted by atomic mass is 35.5. The number of carbonyl (C=O) groups excluding carboxylic acids is 1. The smallest absolute Gasteiger partial charge is 0.162 e. The summed E-state index contributed by atoms with van der Waals surface area (Å²) >= 11 is 5.71. The van der Waals surface area contributed by atoms with Gasteiger partial charge in [0.25, 0.3) is 0 Å². The molecule has 1 aromatic heterocycles. The van der Waals surface area contributed by atoms with E-state index in [9.17, 15) is 9.18 Å². The van der Waals surface area contributed by atoms with Gasteiger partial charge in [0.2, 0.25) is 0 Å². The molecule has 3 nitrogen and oxygen atoms in total. The van der Waals surface area contributed by atoms with Gasteiger partial charge in [0.1, 0.15) is 22.5 Å². The number of halogens is 2. The number of Topliss-reactive ketones (excluding diaryl/α,β-unsaturated/α-hetero) is 1. The number of ketones is 1. The lowest BCUT2D eigenvalue weighted by Crippen LogP contribution is -1.97. The fourth-order valence-corrected chi connectivity index (χ4v) is 1.59. The maximum Gasteiger partial charge on any atom is 0.162 e. The van der Waals surface area contributed by atoms with E-state index in [0.29, 0.717) is 16.7 Å². The van der Waals surface area contributed by atoms with Crippen molar-refractivity contribution in [2.45, 2.75) is 6.92 Å². The first kappa shape index (κ1) is 12.5. The molecular weight excluding hydrogens is 257 g/mol. The zero-order chi connectivity index (χ0) is 13.1. The van der Waals surface area contributed by atoms with Crippen LogP contribution in [0.3, 0.4) is 0 Å². The van der Waals surface area contributed by atoms with Gasteiger partial charge in [-0.2, -0.15) is 0 Å². The fourth-order valence-electron chi connectivity index (χ4n) is 1.42. The molecule has 2 aromatic rings. The van der Waals surface area contributed by atoms with Crippen LogP contribution in [-0.4, -0.2) is 10.8 Å². The van der Waals surface area contributed by atoms with Crippen molar-refractivity contribution in [3.05, 3.63) is 53.1 Å². The minimum Gasteiger partial charge on any atom is -0.457 e. The van der Waals surface area contributed by atoms with Crippen LogP contribution in [0.4, 0.5) is 4.39 Å². The number of hydrogen-bond acceptors (Lipinski definition) is 3. The minimum absolute atomic E-state index is 0.00680. The average Bonchev–Trinajstić information content (AvgIpc) is 2.31. The second-order valence-electron chi connectivity index (χ2n) is 3.61. The molecule has 0 unspecified atom stereocenters. The van der Waals surface area contributed by atoms with Crippen LogP contribution in [0.15, 0.2) is 36.5 Å². The fraction of sp³-hybridized carbons (Fsp3) is 0.0769. The third-order valence-electron chi connectivity index (χ3n) is 2.25. The maximum absolute atomic E-state index is 13.3. The largest absolute Gasteiger partial charge is 0.457 e. The number of hydrogen-bond donors (Lipinski definition) is 0. The maximum atomic E-state index is 13.3. The van der Waals surface area contributed by atoms with Crippen LogP contribution in [0, 0.1) is 5.82 Å². The summed E-state index contributed by atoms with van der Waals surface area (Å²) < 4.78 is 18.8. The number of carbonyl (C=O) groups is 1. The van der Waals surface area contributed by atoms with Gasteiger partial charge < -0.3 is 4.74 Å². The summed E-state index contributed by atoms with van der Waals surface area (Å²) in [6.45, 7) is 1.30. The molecule has 0 saturated carbocycles. The van der Waals surface area contributed by atoms with Gasteiger partial charge in [0.05, 0.1) is 5.56 Å². The van der Waals surface area contributed by atoms with E-state index in [0.717, 1.165) is 0 Å². The first-order valence-electron chi connectivity index (χ1n) is 5.16. The molecule has 1 heterocycles. The summed E-state index contributed by atoms with van der Waals surface area (Å²) in [7, 11) is 0. The Labute approximate surface area is 108 Å². The molecule has 0 N–H and O–H groups in total. The molecule has 18 heavy (non-hydrogen) atoms. The van der Waals surface area contributed by atoms with E-state index in [1.165, 1.54) is 37.4 Å². The lowest BCUT2D eigenvalue weighted by Gasteiger charge is -2.07. The zero-order valence-electron chi connectivity index (χ0n) is 9.48. The molecule has 0 amide bonds. The molecule has 0 atom stereocenters. The lowest BCUT2D eigenvalue weighted by molar-refractivity contribution is 0.101. The van der Waals surface area contributed by atoms with E-state index in [-0.39, 0.29) is 11.3 Å². The van der Waals surface area contributed by atoms with Gasteiger partial charge in [-0.25, -0.2) is 9.37 Å². The Hall–Kier alpha value is -1.94. The van der Waals surface area contributed by atoms with Crippen molar-refractivity contribution in [1.82, 2.24) is 4.98 Å². The number of ether oxygens (including phenoxy) is 1. The molecule has 0 aliphatic heterocycles. The molecule has 0 spiro atoms.